The fraction of sp³-hybridized carbons (Fsp3) is 0.379. The molecule has 0 bridgehead atoms. The smallest absolute Gasteiger partial charge is 0.130 e. The Morgan fingerprint density at radius 1 is 0.939 bits per heavy atom. The van der Waals surface area contributed by atoms with Crippen molar-refractivity contribution in [2.24, 2.45) is 0 Å². The maximum absolute atomic E-state index is 11.4. The molecule has 2 aromatic carbocycles. The molecule has 0 atom stereocenters. The van der Waals surface area contributed by atoms with Gasteiger partial charge in [0.05, 0.1) is 11.0 Å². The summed E-state index contributed by atoms with van der Waals surface area (Å²) in [5.41, 5.74) is 7.42. The van der Waals surface area contributed by atoms with Gasteiger partial charge in [0.25, 0.3) is 0 Å². The van der Waals surface area contributed by atoms with Crippen LogP contribution in [0.25, 0.3) is 22.2 Å². The van der Waals surface area contributed by atoms with E-state index in [0.29, 0.717) is 12.0 Å². The number of aromatic nitrogens is 2. The van der Waals surface area contributed by atoms with E-state index in [-0.39, 0.29) is 11.5 Å². The van der Waals surface area contributed by atoms with Crippen molar-refractivity contribution >= 4 is 11.0 Å². The molecule has 0 fully saturated rings. The summed E-state index contributed by atoms with van der Waals surface area (Å²) in [6.07, 6.45) is 14.2. The highest BCUT2D eigenvalue weighted by molar-refractivity contribution is 5.85. The second-order valence-electron chi connectivity index (χ2n) is 9.05. The standard InChI is InChI=1S/C29H36N2O2/c1-5-6-7-11-22-19-27(32)24(14-12-21(4)10-8-9-20(2)3)29(33)28(22)23-13-15-25-26(18-23)31-17-16-30-25/h9,12-13,15-19,32-33H,5-8,10-11,14H2,1-4H3. The highest BCUT2D eigenvalue weighted by Gasteiger charge is 2.19. The quantitative estimate of drug-likeness (QED) is 0.249. The van der Waals surface area contributed by atoms with Gasteiger partial charge in [0, 0.05) is 23.5 Å². The zero-order chi connectivity index (χ0) is 23.8. The second kappa shape index (κ2) is 11.6. The molecule has 2 N–H and O–H groups in total. The molecular formula is C29H36N2O2. The first-order valence-electron chi connectivity index (χ1n) is 12.0. The largest absolute Gasteiger partial charge is 0.508 e. The fourth-order valence-corrected chi connectivity index (χ4v) is 4.12. The normalized spacial score (nSPS) is 11.7. The Morgan fingerprint density at radius 3 is 2.42 bits per heavy atom. The van der Waals surface area contributed by atoms with Crippen LogP contribution in [0.3, 0.4) is 0 Å². The third-order valence-corrected chi connectivity index (χ3v) is 6.02. The molecule has 0 radical (unpaired) electrons. The topological polar surface area (TPSA) is 66.2 Å². The van der Waals surface area contributed by atoms with Gasteiger partial charge in [0.2, 0.25) is 0 Å². The molecular weight excluding hydrogens is 408 g/mol. The number of nitrogens with zero attached hydrogens (tertiary/aromatic N) is 2. The number of hydrogen-bond acceptors (Lipinski definition) is 4. The van der Waals surface area contributed by atoms with Gasteiger partial charge in [0.15, 0.2) is 0 Å². The van der Waals surface area contributed by atoms with Crippen LogP contribution in [0.1, 0.15) is 70.9 Å². The molecule has 174 valence electrons. The van der Waals surface area contributed by atoms with Crippen LogP contribution in [0.4, 0.5) is 0 Å². The summed E-state index contributed by atoms with van der Waals surface area (Å²) >= 11 is 0. The van der Waals surface area contributed by atoms with E-state index in [1.165, 1.54) is 11.1 Å². The van der Waals surface area contributed by atoms with Crippen LogP contribution in [0.2, 0.25) is 0 Å². The van der Waals surface area contributed by atoms with Gasteiger partial charge in [-0.3, -0.25) is 9.97 Å². The van der Waals surface area contributed by atoms with Crippen LogP contribution in [0.15, 0.2) is 60.0 Å². The van der Waals surface area contributed by atoms with Crippen molar-refractivity contribution < 1.29 is 10.2 Å². The highest BCUT2D eigenvalue weighted by atomic mass is 16.3. The number of fused-ring (bicyclic) bond motifs is 1. The minimum atomic E-state index is 0.164. The van der Waals surface area contributed by atoms with Crippen molar-refractivity contribution in [1.29, 1.82) is 0 Å². The lowest BCUT2D eigenvalue weighted by Crippen LogP contribution is -1.97. The fourth-order valence-electron chi connectivity index (χ4n) is 4.12. The minimum Gasteiger partial charge on any atom is -0.508 e. The number of hydrogen-bond donors (Lipinski definition) is 2. The van der Waals surface area contributed by atoms with Crippen molar-refractivity contribution in [3.63, 3.8) is 0 Å². The number of phenolic OH excluding ortho intramolecular Hbond substituents is 2. The average molecular weight is 445 g/mol. The van der Waals surface area contributed by atoms with Crippen LogP contribution in [-0.2, 0) is 12.8 Å². The summed E-state index contributed by atoms with van der Waals surface area (Å²) in [6, 6.07) is 7.73. The molecule has 33 heavy (non-hydrogen) atoms. The maximum Gasteiger partial charge on any atom is 0.130 e. The Kier molecular flexibility index (Phi) is 8.65. The first-order valence-corrected chi connectivity index (χ1v) is 12.0. The lowest BCUT2D eigenvalue weighted by atomic mass is 9.90. The molecule has 3 rings (SSSR count). The molecule has 0 amide bonds. The zero-order valence-corrected chi connectivity index (χ0v) is 20.4. The maximum atomic E-state index is 11.4. The molecule has 0 spiro atoms. The molecule has 4 heteroatoms. The number of phenols is 2. The molecule has 0 saturated heterocycles. The van der Waals surface area contributed by atoms with Crippen molar-refractivity contribution in [2.75, 3.05) is 0 Å². The van der Waals surface area contributed by atoms with E-state index in [2.05, 4.69) is 49.8 Å². The summed E-state index contributed by atoms with van der Waals surface area (Å²) in [7, 11) is 0. The van der Waals surface area contributed by atoms with Crippen molar-refractivity contribution in [3.05, 3.63) is 71.1 Å². The number of aromatic hydroxyl groups is 2. The van der Waals surface area contributed by atoms with Crippen molar-refractivity contribution in [1.82, 2.24) is 9.97 Å². The van der Waals surface area contributed by atoms with Gasteiger partial charge in [-0.05, 0) is 82.2 Å². The van der Waals surface area contributed by atoms with E-state index in [1.807, 2.05) is 24.3 Å². The molecule has 3 aromatic rings. The first kappa shape index (κ1) is 24.5. The molecule has 0 aliphatic heterocycles. The van der Waals surface area contributed by atoms with Gasteiger partial charge >= 0.3 is 0 Å². The lowest BCUT2D eigenvalue weighted by molar-refractivity contribution is 0.440. The number of allylic oxidation sites excluding steroid dienone is 4. The monoisotopic (exact) mass is 444 g/mol. The summed E-state index contributed by atoms with van der Waals surface area (Å²) < 4.78 is 0. The molecule has 0 aliphatic rings. The summed E-state index contributed by atoms with van der Waals surface area (Å²) in [5, 5.41) is 22.2. The Balaban J connectivity index is 2.00. The van der Waals surface area contributed by atoms with Gasteiger partial charge in [-0.25, -0.2) is 0 Å². The Morgan fingerprint density at radius 2 is 1.70 bits per heavy atom. The number of aryl methyl sites for hydroxylation is 1. The number of unbranched alkanes of at least 4 members (excludes halogenated alkanes) is 2. The molecule has 1 heterocycles. The number of benzene rings is 2. The van der Waals surface area contributed by atoms with Crippen molar-refractivity contribution in [2.45, 2.75) is 72.6 Å². The molecule has 1 aromatic heterocycles. The Hall–Kier alpha value is -3.14. The van der Waals surface area contributed by atoms with E-state index in [1.54, 1.807) is 12.4 Å². The van der Waals surface area contributed by atoms with Gasteiger partial charge in [0.1, 0.15) is 11.5 Å². The average Bonchev–Trinajstić information content (AvgIpc) is 2.78. The predicted molar refractivity (Wildman–Crippen MR) is 138 cm³/mol. The number of rotatable bonds is 10. The lowest BCUT2D eigenvalue weighted by Gasteiger charge is -2.17. The van der Waals surface area contributed by atoms with Crippen LogP contribution in [-0.4, -0.2) is 20.2 Å². The minimum absolute atomic E-state index is 0.164. The van der Waals surface area contributed by atoms with E-state index >= 15 is 0 Å². The summed E-state index contributed by atoms with van der Waals surface area (Å²) in [6.45, 7) is 8.50. The molecule has 0 aliphatic carbocycles. The highest BCUT2D eigenvalue weighted by Crippen LogP contribution is 2.42. The van der Waals surface area contributed by atoms with Crippen LogP contribution in [0.5, 0.6) is 11.5 Å². The van der Waals surface area contributed by atoms with Crippen LogP contribution in [0, 0.1) is 0 Å². The van der Waals surface area contributed by atoms with Crippen LogP contribution >= 0.6 is 0 Å². The van der Waals surface area contributed by atoms with Crippen LogP contribution < -0.4 is 0 Å². The summed E-state index contributed by atoms with van der Waals surface area (Å²) in [5.74, 6) is 0.328. The third-order valence-electron chi connectivity index (χ3n) is 6.02. The zero-order valence-electron chi connectivity index (χ0n) is 20.4. The Labute approximate surface area is 197 Å². The van der Waals surface area contributed by atoms with Gasteiger partial charge < -0.3 is 10.2 Å². The molecule has 0 saturated carbocycles. The van der Waals surface area contributed by atoms with E-state index in [9.17, 15) is 10.2 Å². The summed E-state index contributed by atoms with van der Waals surface area (Å²) in [4.78, 5) is 8.80. The van der Waals surface area contributed by atoms with Gasteiger partial charge in [-0.1, -0.05) is 49.1 Å². The predicted octanol–water partition coefficient (Wildman–Crippen LogP) is 7.68. The molecule has 4 nitrogen and oxygen atoms in total. The van der Waals surface area contributed by atoms with Gasteiger partial charge in [-0.2, -0.15) is 0 Å². The van der Waals surface area contributed by atoms with Crippen molar-refractivity contribution in [3.8, 4) is 22.6 Å². The first-order chi connectivity index (χ1) is 15.9. The van der Waals surface area contributed by atoms with Gasteiger partial charge in [-0.15, -0.1) is 0 Å². The Bertz CT molecular complexity index is 1160. The molecule has 0 unspecified atom stereocenters. The second-order valence-corrected chi connectivity index (χ2v) is 9.05. The van der Waals surface area contributed by atoms with E-state index in [4.69, 9.17) is 0 Å². The SMILES string of the molecule is CCCCCc1cc(O)c(CC=C(C)CCC=C(C)C)c(O)c1-c1ccc2nccnc2c1. The third kappa shape index (κ3) is 6.44. The van der Waals surface area contributed by atoms with E-state index < -0.39 is 0 Å². The van der Waals surface area contributed by atoms with E-state index in [0.717, 1.165) is 66.2 Å².